The molecule has 0 aliphatic heterocycles. The van der Waals surface area contributed by atoms with Gasteiger partial charge in [-0.15, -0.1) is 17.7 Å². The largest absolute Gasteiger partial charge is 1.00 e. The monoisotopic (exact) mass is 324 g/mol. The Morgan fingerprint density at radius 2 is 1.90 bits per heavy atom. The van der Waals surface area contributed by atoms with Crippen LogP contribution < -0.4 is 0 Å². The van der Waals surface area contributed by atoms with Crippen LogP contribution in [0.1, 0.15) is 5.56 Å². The Balaban J connectivity index is 0.000000810. The third-order valence-electron chi connectivity index (χ3n) is 1.06. The van der Waals surface area contributed by atoms with Crippen molar-refractivity contribution in [2.24, 2.45) is 0 Å². The van der Waals surface area contributed by atoms with E-state index < -0.39 is 11.6 Å². The molecule has 0 aromatic heterocycles. The second-order valence-corrected chi connectivity index (χ2v) is 1.80. The van der Waals surface area contributed by atoms with E-state index in [4.69, 9.17) is 0 Å². The maximum Gasteiger partial charge on any atom is 1.00 e. The number of halogens is 2. The molecular weight excluding hydrogens is 319 g/mol. The van der Waals surface area contributed by atoms with E-state index in [0.29, 0.717) is 5.56 Å². The predicted octanol–water partition coefficient (Wildman–Crippen LogP) is 2.07. The van der Waals surface area contributed by atoms with Crippen LogP contribution in [0.2, 0.25) is 0 Å². The third kappa shape index (κ3) is 2.21. The normalized spacial score (nSPS) is 8.70. The van der Waals surface area contributed by atoms with Gasteiger partial charge in [0.2, 0.25) is 0 Å². The van der Waals surface area contributed by atoms with Gasteiger partial charge in [0.1, 0.15) is 0 Å². The van der Waals surface area contributed by atoms with E-state index in [0.717, 1.165) is 0 Å². The van der Waals surface area contributed by atoms with Crippen molar-refractivity contribution in [3.8, 4) is 0 Å². The molecule has 0 nitrogen and oxygen atoms in total. The quantitative estimate of drug-likeness (QED) is 0.506. The van der Waals surface area contributed by atoms with Crippen molar-refractivity contribution in [2.75, 3.05) is 0 Å². The predicted molar refractivity (Wildman–Crippen MR) is 29.9 cm³/mol. The van der Waals surface area contributed by atoms with E-state index in [-0.39, 0.29) is 22.4 Å². The number of hydrogen-bond acceptors (Lipinski definition) is 0. The van der Waals surface area contributed by atoms with Crippen LogP contribution in [-0.2, 0) is 22.4 Å². The van der Waals surface area contributed by atoms with Crippen LogP contribution in [0.15, 0.2) is 12.1 Å². The third-order valence-corrected chi connectivity index (χ3v) is 1.06. The number of benzene rings is 1. The minimum absolute atomic E-state index is 0. The minimum atomic E-state index is -0.655. The Labute approximate surface area is 73.8 Å². The number of aryl methyl sites for hydroxylation is 1. The van der Waals surface area contributed by atoms with Crippen molar-refractivity contribution in [3.63, 3.8) is 0 Å². The number of hydrogen-bond donors (Lipinski definition) is 0. The summed E-state index contributed by atoms with van der Waals surface area (Å²) in [5.74, 6) is -1.27. The smallest absolute Gasteiger partial charge is 0.236 e. The van der Waals surface area contributed by atoms with Gasteiger partial charge in [-0.3, -0.25) is 0 Å². The molecule has 0 bridgehead atoms. The van der Waals surface area contributed by atoms with Gasteiger partial charge in [0.15, 0.2) is 0 Å². The van der Waals surface area contributed by atoms with Crippen LogP contribution in [0.4, 0.5) is 8.78 Å². The summed E-state index contributed by atoms with van der Waals surface area (Å²) in [5, 5.41) is 0. The van der Waals surface area contributed by atoms with Gasteiger partial charge in [0.05, 0.1) is 0 Å². The maximum atomic E-state index is 12.3. The van der Waals surface area contributed by atoms with Crippen LogP contribution in [-0.4, -0.2) is 0 Å². The van der Waals surface area contributed by atoms with Gasteiger partial charge in [0.25, 0.3) is 0 Å². The molecule has 1 aromatic carbocycles. The van der Waals surface area contributed by atoms with Crippen LogP contribution in [0.5, 0.6) is 0 Å². The van der Waals surface area contributed by atoms with Crippen molar-refractivity contribution in [1.29, 1.82) is 0 Å². The van der Waals surface area contributed by atoms with Crippen LogP contribution in [0, 0.1) is 24.6 Å². The Hall–Kier alpha value is -0.180. The molecule has 0 unspecified atom stereocenters. The second-order valence-electron chi connectivity index (χ2n) is 1.80. The zero-order valence-corrected chi connectivity index (χ0v) is 7.38. The van der Waals surface area contributed by atoms with Gasteiger partial charge in [-0.25, -0.2) is 8.78 Å². The van der Waals surface area contributed by atoms with Crippen LogP contribution >= 0.6 is 0 Å². The van der Waals surface area contributed by atoms with E-state index in [1.165, 1.54) is 12.1 Å². The van der Waals surface area contributed by atoms with Crippen molar-refractivity contribution in [2.45, 2.75) is 6.92 Å². The molecule has 0 amide bonds. The first-order valence-electron chi connectivity index (χ1n) is 2.54. The fourth-order valence-electron chi connectivity index (χ4n) is 0.516. The fraction of sp³-hybridized carbons (Fsp3) is 0.143. The molecule has 0 saturated heterocycles. The average Bonchev–Trinajstić information content (AvgIpc) is 1.80. The summed E-state index contributed by atoms with van der Waals surface area (Å²) in [6, 6.07) is 4.46. The molecule has 58 valence electrons. The molecular formula is C7H5AuF2. The Kier molecular flexibility index (Phi) is 3.79. The van der Waals surface area contributed by atoms with Gasteiger partial charge in [-0.05, 0) is 0 Å². The summed E-state index contributed by atoms with van der Waals surface area (Å²) in [5.41, 5.74) is 0.413. The first-order valence-corrected chi connectivity index (χ1v) is 2.54. The van der Waals surface area contributed by atoms with E-state index >= 15 is 0 Å². The molecule has 0 spiro atoms. The molecule has 0 saturated carbocycles. The molecule has 3 heteroatoms. The van der Waals surface area contributed by atoms with Crippen molar-refractivity contribution in [3.05, 3.63) is 35.4 Å². The topological polar surface area (TPSA) is 0 Å². The zero-order valence-electron chi connectivity index (χ0n) is 5.21. The first kappa shape index (κ1) is 9.82. The molecule has 0 fully saturated rings. The molecule has 10 heavy (non-hydrogen) atoms. The summed E-state index contributed by atoms with van der Waals surface area (Å²) in [4.78, 5) is 0. The standard InChI is InChI=1S/C7H5F2.Au/c1-5-2-3-6(8)4-7(5)9;/h2-3H,1H3;/q-1;+1. The Morgan fingerprint density at radius 3 is 2.30 bits per heavy atom. The van der Waals surface area contributed by atoms with Gasteiger partial charge < -0.3 is 0 Å². The SMILES string of the molecule is Cc1ccc(F)[c-]c1F.[Au+]. The molecule has 0 radical (unpaired) electrons. The average molecular weight is 324 g/mol. The van der Waals surface area contributed by atoms with Crippen LogP contribution in [0.25, 0.3) is 0 Å². The van der Waals surface area contributed by atoms with Gasteiger partial charge in [0, 0.05) is 11.6 Å². The molecule has 1 aromatic rings. The van der Waals surface area contributed by atoms with Crippen molar-refractivity contribution in [1.82, 2.24) is 0 Å². The van der Waals surface area contributed by atoms with Crippen LogP contribution in [0.3, 0.4) is 0 Å². The van der Waals surface area contributed by atoms with Crippen molar-refractivity contribution >= 4 is 0 Å². The summed E-state index contributed by atoms with van der Waals surface area (Å²) < 4.78 is 24.3. The first-order chi connectivity index (χ1) is 4.20. The Morgan fingerprint density at radius 1 is 1.30 bits per heavy atom. The summed E-state index contributed by atoms with van der Waals surface area (Å²) in [7, 11) is 0. The van der Waals surface area contributed by atoms with E-state index in [2.05, 4.69) is 0 Å². The van der Waals surface area contributed by atoms with E-state index in [9.17, 15) is 8.78 Å². The second kappa shape index (κ2) is 3.86. The molecule has 1 rings (SSSR count). The number of rotatable bonds is 0. The van der Waals surface area contributed by atoms with Gasteiger partial charge in [-0.1, -0.05) is 6.92 Å². The molecule has 0 atom stereocenters. The molecule has 0 aliphatic rings. The summed E-state index contributed by atoms with van der Waals surface area (Å²) >= 11 is 0. The Bertz CT molecular complexity index is 223. The fourth-order valence-corrected chi connectivity index (χ4v) is 0.516. The van der Waals surface area contributed by atoms with E-state index in [1.54, 1.807) is 6.92 Å². The molecule has 0 heterocycles. The van der Waals surface area contributed by atoms with E-state index in [1.807, 2.05) is 6.07 Å². The maximum absolute atomic E-state index is 12.3. The molecule has 0 N–H and O–H groups in total. The van der Waals surface area contributed by atoms with Gasteiger partial charge in [-0.2, -0.15) is 6.07 Å². The summed E-state index contributed by atoms with van der Waals surface area (Å²) in [6.07, 6.45) is 0. The van der Waals surface area contributed by atoms with Gasteiger partial charge >= 0.3 is 22.4 Å². The molecule has 0 aliphatic carbocycles. The minimum Gasteiger partial charge on any atom is -0.236 e. The van der Waals surface area contributed by atoms with Crippen molar-refractivity contribution < 1.29 is 31.2 Å². The summed E-state index contributed by atoms with van der Waals surface area (Å²) in [6.45, 7) is 1.56. The zero-order chi connectivity index (χ0) is 6.85.